The van der Waals surface area contributed by atoms with Crippen LogP contribution in [0.5, 0.6) is 0 Å². The van der Waals surface area contributed by atoms with E-state index in [0.29, 0.717) is 6.61 Å². The molecule has 0 aliphatic carbocycles. The van der Waals surface area contributed by atoms with Gasteiger partial charge in [0.15, 0.2) is 0 Å². The van der Waals surface area contributed by atoms with E-state index in [9.17, 15) is 4.79 Å². The van der Waals surface area contributed by atoms with Gasteiger partial charge >= 0.3 is 5.97 Å². The van der Waals surface area contributed by atoms with Crippen molar-refractivity contribution in [1.29, 1.82) is 0 Å². The molecule has 0 radical (unpaired) electrons. The maximum atomic E-state index is 10.6. The number of esters is 1. The van der Waals surface area contributed by atoms with Crippen LogP contribution in [0.25, 0.3) is 0 Å². The van der Waals surface area contributed by atoms with Gasteiger partial charge in [0.25, 0.3) is 0 Å². The van der Waals surface area contributed by atoms with Crippen molar-refractivity contribution in [2.75, 3.05) is 19.0 Å². The molecular weight excluding hydrogens is 282 g/mol. The molecule has 0 aromatic heterocycles. The van der Waals surface area contributed by atoms with Crippen LogP contribution in [0, 0.1) is 0 Å². The van der Waals surface area contributed by atoms with Crippen molar-refractivity contribution in [2.45, 2.75) is 13.5 Å². The maximum absolute atomic E-state index is 10.6. The second kappa shape index (κ2) is 9.42. The van der Waals surface area contributed by atoms with E-state index in [-0.39, 0.29) is 23.0 Å². The number of hydrogen-bond acceptors (Lipinski definition) is 3. The molecule has 0 saturated heterocycles. The molecular formula is C15H19FeNO2-6. The van der Waals surface area contributed by atoms with E-state index in [1.165, 1.54) is 6.92 Å². The molecule has 0 N–H and O–H groups in total. The van der Waals surface area contributed by atoms with Gasteiger partial charge in [0.2, 0.25) is 0 Å². The van der Waals surface area contributed by atoms with E-state index in [1.807, 2.05) is 67.5 Å². The van der Waals surface area contributed by atoms with Crippen molar-refractivity contribution < 1.29 is 26.6 Å². The van der Waals surface area contributed by atoms with Crippen molar-refractivity contribution in [2.24, 2.45) is 0 Å². The van der Waals surface area contributed by atoms with Gasteiger partial charge in [-0.1, -0.05) is 11.3 Å². The van der Waals surface area contributed by atoms with Gasteiger partial charge in [-0.3, -0.25) is 4.79 Å². The molecule has 0 bridgehead atoms. The summed E-state index contributed by atoms with van der Waals surface area (Å²) in [7, 11) is 3.93. The van der Waals surface area contributed by atoms with Crippen LogP contribution in [0.4, 0.5) is 5.69 Å². The third-order valence-electron chi connectivity index (χ3n) is 2.35. The molecule has 2 aromatic rings. The van der Waals surface area contributed by atoms with E-state index >= 15 is 0 Å². The van der Waals surface area contributed by atoms with Crippen LogP contribution in [-0.4, -0.2) is 20.1 Å². The zero-order chi connectivity index (χ0) is 13.4. The number of carbonyl (C=O) groups is 1. The first-order chi connectivity index (χ1) is 8.61. The summed E-state index contributed by atoms with van der Waals surface area (Å²) in [5.74, 6) is -0.245. The molecule has 0 unspecified atom stereocenters. The Morgan fingerprint density at radius 2 is 1.79 bits per heavy atom. The second-order valence-electron chi connectivity index (χ2n) is 4.07. The number of hydrogen-bond donors (Lipinski definition) is 0. The fourth-order valence-corrected chi connectivity index (χ4v) is 1.51. The van der Waals surface area contributed by atoms with Crippen LogP contribution in [0.3, 0.4) is 0 Å². The Balaban J connectivity index is 0.000000454. The van der Waals surface area contributed by atoms with Crippen LogP contribution < -0.4 is 4.90 Å². The minimum atomic E-state index is -0.245. The fourth-order valence-electron chi connectivity index (χ4n) is 1.51. The summed E-state index contributed by atoms with van der Waals surface area (Å²) in [5.41, 5.74) is 2.14. The van der Waals surface area contributed by atoms with E-state index in [0.717, 1.165) is 11.3 Å². The second-order valence-corrected chi connectivity index (χ2v) is 4.07. The van der Waals surface area contributed by atoms with Gasteiger partial charge in [0.05, 0.1) is 6.61 Å². The van der Waals surface area contributed by atoms with E-state index in [2.05, 4.69) is 0 Å². The molecule has 2 rings (SSSR count). The third-order valence-corrected chi connectivity index (χ3v) is 2.35. The summed E-state index contributed by atoms with van der Waals surface area (Å²) in [6.45, 7) is 1.77. The predicted molar refractivity (Wildman–Crippen MR) is 73.9 cm³/mol. The summed E-state index contributed by atoms with van der Waals surface area (Å²) < 4.78 is 4.91. The molecule has 3 nitrogen and oxygen atoms in total. The molecule has 0 atom stereocenters. The molecule has 2 aromatic carbocycles. The standard InChI is InChI=1S/C10H14NO2.C5H5.Fe/c1-8(12)13-7-9-5-4-6-10(9)11(2)3;1-2-4-5-3-1;/h4-6H,7H2,1-3H3;1-5H;/q-1;-5;. The van der Waals surface area contributed by atoms with Crippen LogP contribution in [0.2, 0.25) is 0 Å². The molecule has 0 heterocycles. The Morgan fingerprint density at radius 3 is 2.21 bits per heavy atom. The van der Waals surface area contributed by atoms with E-state index in [1.54, 1.807) is 0 Å². The van der Waals surface area contributed by atoms with Crippen LogP contribution in [0.15, 0.2) is 48.5 Å². The van der Waals surface area contributed by atoms with Gasteiger partial charge in [0, 0.05) is 38.1 Å². The smallest absolute Gasteiger partial charge is 0.301 e. The number of carbonyl (C=O) groups excluding carboxylic acids is 1. The monoisotopic (exact) mass is 301 g/mol. The molecule has 0 fully saturated rings. The van der Waals surface area contributed by atoms with E-state index in [4.69, 9.17) is 4.74 Å². The maximum Gasteiger partial charge on any atom is 0.301 e. The quantitative estimate of drug-likeness (QED) is 0.496. The summed E-state index contributed by atoms with van der Waals surface area (Å²) in [5, 5.41) is 0. The van der Waals surface area contributed by atoms with Crippen molar-refractivity contribution >= 4 is 11.7 Å². The summed E-state index contributed by atoms with van der Waals surface area (Å²) in [6.07, 6.45) is 0. The molecule has 0 aliphatic rings. The van der Waals surface area contributed by atoms with Gasteiger partial charge in [-0.2, -0.15) is 12.1 Å². The number of nitrogens with zero attached hydrogens (tertiary/aromatic N) is 1. The van der Waals surface area contributed by atoms with Crippen molar-refractivity contribution in [3.63, 3.8) is 0 Å². The summed E-state index contributed by atoms with van der Waals surface area (Å²) in [6, 6.07) is 15.9. The zero-order valence-electron chi connectivity index (χ0n) is 11.4. The minimum Gasteiger partial charge on any atom is -0.748 e. The SMILES string of the molecule is CC(=O)OC[c-]1cccc1N(C)C.[Fe].[cH-]1[cH-][cH-][cH-][cH-]1. The Hall–Kier alpha value is -1.51. The zero-order valence-corrected chi connectivity index (χ0v) is 12.5. The minimum absolute atomic E-state index is 0. The fraction of sp³-hybridized carbons (Fsp3) is 0.267. The summed E-state index contributed by atoms with van der Waals surface area (Å²) in [4.78, 5) is 12.6. The normalized spacial score (nSPS) is 8.79. The number of ether oxygens (including phenoxy) is 1. The average molecular weight is 301 g/mol. The predicted octanol–water partition coefficient (Wildman–Crippen LogP) is 2.94. The van der Waals surface area contributed by atoms with Crippen LogP contribution >= 0.6 is 0 Å². The average Bonchev–Trinajstić information content (AvgIpc) is 3.00. The van der Waals surface area contributed by atoms with Gasteiger partial charge < -0.3 is 40.0 Å². The van der Waals surface area contributed by atoms with Crippen LogP contribution in [0.1, 0.15) is 12.5 Å². The first kappa shape index (κ1) is 17.5. The molecule has 19 heavy (non-hydrogen) atoms. The Bertz CT molecular complexity index is 429. The number of rotatable bonds is 3. The first-order valence-electron chi connectivity index (χ1n) is 5.83. The molecule has 0 aliphatic heterocycles. The van der Waals surface area contributed by atoms with Crippen molar-refractivity contribution in [3.8, 4) is 0 Å². The molecule has 4 heteroatoms. The summed E-state index contributed by atoms with van der Waals surface area (Å²) >= 11 is 0. The molecule has 0 amide bonds. The Morgan fingerprint density at radius 1 is 1.26 bits per heavy atom. The largest absolute Gasteiger partial charge is 0.748 e. The molecule has 110 valence electrons. The van der Waals surface area contributed by atoms with E-state index < -0.39 is 0 Å². The van der Waals surface area contributed by atoms with Gasteiger partial charge in [0.1, 0.15) is 0 Å². The third kappa shape index (κ3) is 6.84. The topological polar surface area (TPSA) is 29.5 Å². The van der Waals surface area contributed by atoms with Gasteiger partial charge in [-0.05, 0) is 0 Å². The van der Waals surface area contributed by atoms with Gasteiger partial charge in [-0.15, -0.1) is 0 Å². The molecule has 0 saturated carbocycles. The van der Waals surface area contributed by atoms with Gasteiger partial charge in [-0.25, -0.2) is 6.07 Å². The van der Waals surface area contributed by atoms with Crippen LogP contribution in [-0.2, 0) is 33.2 Å². The Kier molecular flexibility index (Phi) is 8.67. The van der Waals surface area contributed by atoms with Crippen molar-refractivity contribution in [1.82, 2.24) is 0 Å². The first-order valence-corrected chi connectivity index (χ1v) is 5.83. The molecule has 0 spiro atoms. The number of anilines is 1. The Labute approximate surface area is 125 Å². The van der Waals surface area contributed by atoms with Crippen molar-refractivity contribution in [3.05, 3.63) is 54.1 Å².